The van der Waals surface area contributed by atoms with E-state index in [4.69, 9.17) is 4.74 Å². The third kappa shape index (κ3) is 5.75. The van der Waals surface area contributed by atoms with Gasteiger partial charge in [-0.15, -0.1) is 11.8 Å². The van der Waals surface area contributed by atoms with Crippen LogP contribution in [-0.4, -0.2) is 31.4 Å². The molecule has 1 aromatic rings. The summed E-state index contributed by atoms with van der Waals surface area (Å²) in [6, 6.07) is 9.95. The van der Waals surface area contributed by atoms with E-state index in [1.54, 1.807) is 18.9 Å². The summed E-state index contributed by atoms with van der Waals surface area (Å²) in [4.78, 5) is 12.9. The molecule has 0 bridgehead atoms. The molecule has 0 aromatic heterocycles. The van der Waals surface area contributed by atoms with Crippen molar-refractivity contribution < 1.29 is 9.53 Å². The van der Waals surface area contributed by atoms with Crippen LogP contribution in [0.4, 0.5) is 0 Å². The first kappa shape index (κ1) is 14.1. The number of hydrogen-bond donors (Lipinski definition) is 1. The number of nitrogens with one attached hydrogen (secondary N) is 1. The van der Waals surface area contributed by atoms with Crippen molar-refractivity contribution in [3.05, 3.63) is 30.3 Å². The molecule has 4 heteroatoms. The Labute approximate surface area is 107 Å². The molecule has 0 saturated carbocycles. The highest BCUT2D eigenvalue weighted by molar-refractivity contribution is 8.00. The summed E-state index contributed by atoms with van der Waals surface area (Å²) in [5.74, 6) is 0.0787. The lowest BCUT2D eigenvalue weighted by Crippen LogP contribution is -2.32. The minimum atomic E-state index is -0.0695. The summed E-state index contributed by atoms with van der Waals surface area (Å²) < 4.78 is 4.92. The van der Waals surface area contributed by atoms with Gasteiger partial charge in [0.05, 0.1) is 5.25 Å². The second-order valence-electron chi connectivity index (χ2n) is 3.71. The molecule has 1 atom stereocenters. The smallest absolute Gasteiger partial charge is 0.233 e. The number of carbonyl (C=O) groups is 1. The lowest BCUT2D eigenvalue weighted by molar-refractivity contribution is -0.120. The van der Waals surface area contributed by atoms with E-state index in [0.717, 1.165) is 11.3 Å². The van der Waals surface area contributed by atoms with Gasteiger partial charge in [0.2, 0.25) is 5.91 Å². The van der Waals surface area contributed by atoms with Crippen LogP contribution < -0.4 is 5.32 Å². The van der Waals surface area contributed by atoms with Crippen molar-refractivity contribution in [1.29, 1.82) is 0 Å². The van der Waals surface area contributed by atoms with Gasteiger partial charge in [-0.25, -0.2) is 0 Å². The average molecular weight is 253 g/mol. The van der Waals surface area contributed by atoms with Gasteiger partial charge in [0.25, 0.3) is 0 Å². The van der Waals surface area contributed by atoms with E-state index in [9.17, 15) is 4.79 Å². The Kier molecular flexibility index (Phi) is 6.74. The molecule has 0 aliphatic rings. The molecule has 0 heterocycles. The normalized spacial score (nSPS) is 12.1. The third-order valence-corrected chi connectivity index (χ3v) is 3.36. The molecule has 1 amide bonds. The maximum absolute atomic E-state index is 11.7. The zero-order chi connectivity index (χ0) is 12.5. The highest BCUT2D eigenvalue weighted by Crippen LogP contribution is 2.22. The first-order chi connectivity index (χ1) is 8.24. The molecule has 1 N–H and O–H groups in total. The molecule has 0 fully saturated rings. The molecule has 1 rings (SSSR count). The van der Waals surface area contributed by atoms with Gasteiger partial charge in [-0.1, -0.05) is 18.2 Å². The van der Waals surface area contributed by atoms with Gasteiger partial charge in [-0.2, -0.15) is 0 Å². The maximum atomic E-state index is 11.7. The lowest BCUT2D eigenvalue weighted by Gasteiger charge is -2.11. The fourth-order valence-electron chi connectivity index (χ4n) is 1.33. The number of carbonyl (C=O) groups excluding carboxylic acids is 1. The largest absolute Gasteiger partial charge is 0.385 e. The van der Waals surface area contributed by atoms with E-state index in [1.165, 1.54) is 0 Å². The number of amides is 1. The van der Waals surface area contributed by atoms with Crippen LogP contribution in [-0.2, 0) is 9.53 Å². The number of methoxy groups -OCH3 is 1. The highest BCUT2D eigenvalue weighted by Gasteiger charge is 2.13. The van der Waals surface area contributed by atoms with Crippen molar-refractivity contribution in [1.82, 2.24) is 5.32 Å². The molecule has 0 spiro atoms. The fraction of sp³-hybridized carbons (Fsp3) is 0.462. The van der Waals surface area contributed by atoms with Gasteiger partial charge >= 0.3 is 0 Å². The first-order valence-electron chi connectivity index (χ1n) is 5.72. The lowest BCUT2D eigenvalue weighted by atomic mass is 10.4. The van der Waals surface area contributed by atoms with Crippen LogP contribution in [0.1, 0.15) is 13.3 Å². The monoisotopic (exact) mass is 253 g/mol. The molecule has 0 saturated heterocycles. The second kappa shape index (κ2) is 8.14. The van der Waals surface area contributed by atoms with E-state index in [0.29, 0.717) is 13.2 Å². The number of hydrogen-bond acceptors (Lipinski definition) is 3. The van der Waals surface area contributed by atoms with E-state index in [1.807, 2.05) is 37.3 Å². The van der Waals surface area contributed by atoms with Gasteiger partial charge in [0.15, 0.2) is 0 Å². The summed E-state index contributed by atoms with van der Waals surface area (Å²) in [6.45, 7) is 3.27. The molecule has 0 aliphatic carbocycles. The molecule has 1 unspecified atom stereocenters. The summed E-state index contributed by atoms with van der Waals surface area (Å²) >= 11 is 1.57. The van der Waals surface area contributed by atoms with Crippen LogP contribution in [0.5, 0.6) is 0 Å². The Morgan fingerprint density at radius 1 is 1.41 bits per heavy atom. The van der Waals surface area contributed by atoms with Gasteiger partial charge in [0.1, 0.15) is 0 Å². The van der Waals surface area contributed by atoms with Gasteiger partial charge < -0.3 is 10.1 Å². The molecule has 17 heavy (non-hydrogen) atoms. The SMILES string of the molecule is COCCCNC(=O)C(C)Sc1ccccc1. The van der Waals surface area contributed by atoms with Crippen LogP contribution in [0.15, 0.2) is 35.2 Å². The van der Waals surface area contributed by atoms with Gasteiger partial charge in [0, 0.05) is 25.2 Å². The van der Waals surface area contributed by atoms with E-state index < -0.39 is 0 Å². The molecule has 94 valence electrons. The van der Waals surface area contributed by atoms with Crippen LogP contribution in [0.25, 0.3) is 0 Å². The first-order valence-corrected chi connectivity index (χ1v) is 6.60. The quantitative estimate of drug-likeness (QED) is 0.598. The fourth-order valence-corrected chi connectivity index (χ4v) is 2.24. The predicted molar refractivity (Wildman–Crippen MR) is 71.3 cm³/mol. The van der Waals surface area contributed by atoms with Gasteiger partial charge in [-0.3, -0.25) is 4.79 Å². The Morgan fingerprint density at radius 3 is 2.76 bits per heavy atom. The van der Waals surface area contributed by atoms with Crippen molar-refractivity contribution in [3.8, 4) is 0 Å². The predicted octanol–water partition coefficient (Wildman–Crippen LogP) is 2.32. The van der Waals surface area contributed by atoms with Crippen molar-refractivity contribution >= 4 is 17.7 Å². The molecule has 0 radical (unpaired) electrons. The number of rotatable bonds is 7. The summed E-state index contributed by atoms with van der Waals surface area (Å²) in [6.07, 6.45) is 0.852. The molecule has 1 aromatic carbocycles. The van der Waals surface area contributed by atoms with Crippen LogP contribution in [0, 0.1) is 0 Å². The molecule has 0 aliphatic heterocycles. The van der Waals surface area contributed by atoms with E-state index in [-0.39, 0.29) is 11.2 Å². The van der Waals surface area contributed by atoms with Crippen LogP contribution in [0.2, 0.25) is 0 Å². The topological polar surface area (TPSA) is 38.3 Å². The van der Waals surface area contributed by atoms with Crippen molar-refractivity contribution in [2.75, 3.05) is 20.3 Å². The van der Waals surface area contributed by atoms with Crippen molar-refractivity contribution in [2.24, 2.45) is 0 Å². The number of ether oxygens (including phenoxy) is 1. The van der Waals surface area contributed by atoms with Crippen molar-refractivity contribution in [3.63, 3.8) is 0 Å². The molecule has 3 nitrogen and oxygen atoms in total. The molecular formula is C13H19NO2S. The van der Waals surface area contributed by atoms with E-state index >= 15 is 0 Å². The van der Waals surface area contributed by atoms with Crippen LogP contribution in [0.3, 0.4) is 0 Å². The zero-order valence-electron chi connectivity index (χ0n) is 10.3. The second-order valence-corrected chi connectivity index (χ2v) is 5.12. The summed E-state index contributed by atoms with van der Waals surface area (Å²) in [5.41, 5.74) is 0. The van der Waals surface area contributed by atoms with Gasteiger partial charge in [-0.05, 0) is 25.5 Å². The highest BCUT2D eigenvalue weighted by atomic mass is 32.2. The molecular weight excluding hydrogens is 234 g/mol. The van der Waals surface area contributed by atoms with E-state index in [2.05, 4.69) is 5.32 Å². The third-order valence-electron chi connectivity index (χ3n) is 2.25. The minimum absolute atomic E-state index is 0.0695. The van der Waals surface area contributed by atoms with Crippen LogP contribution >= 0.6 is 11.8 Å². The summed E-state index contributed by atoms with van der Waals surface area (Å²) in [7, 11) is 1.66. The average Bonchev–Trinajstić information content (AvgIpc) is 2.35. The Balaban J connectivity index is 2.27. The number of thioether (sulfide) groups is 1. The van der Waals surface area contributed by atoms with Crippen molar-refractivity contribution in [2.45, 2.75) is 23.5 Å². The Morgan fingerprint density at radius 2 is 2.12 bits per heavy atom. The summed E-state index contributed by atoms with van der Waals surface area (Å²) in [5, 5.41) is 2.83. The standard InChI is InChI=1S/C13H19NO2S/c1-11(13(15)14-9-6-10-16-2)17-12-7-4-3-5-8-12/h3-5,7-8,11H,6,9-10H2,1-2H3,(H,14,15). The Bertz CT molecular complexity index is 329. The zero-order valence-corrected chi connectivity index (χ0v) is 11.1. The number of benzene rings is 1. The maximum Gasteiger partial charge on any atom is 0.233 e. The Hall–Kier alpha value is -1.00. The minimum Gasteiger partial charge on any atom is -0.385 e.